The third-order valence-corrected chi connectivity index (χ3v) is 0.283. The molecule has 0 saturated heterocycles. The average Bonchev–Trinajstić information content (AvgIpc) is 1.35. The van der Waals surface area contributed by atoms with Gasteiger partial charge in [-0.15, -0.1) is 0 Å². The summed E-state index contributed by atoms with van der Waals surface area (Å²) in [4.78, 5) is 0. The SMILES string of the molecule is [Cu].[I-].[NH3+]CC(F)(F)F. The van der Waals surface area contributed by atoms with Gasteiger partial charge in [0.25, 0.3) is 0 Å². The van der Waals surface area contributed by atoms with Crippen LogP contribution in [0.3, 0.4) is 0 Å². The largest absolute Gasteiger partial charge is 1.00 e. The number of hydrogen-bond acceptors (Lipinski definition) is 0. The molecule has 0 rings (SSSR count). The van der Waals surface area contributed by atoms with Crippen LogP contribution in [0.1, 0.15) is 0 Å². The first-order valence-electron chi connectivity index (χ1n) is 1.42. The second-order valence-corrected chi connectivity index (χ2v) is 0.865. The van der Waals surface area contributed by atoms with Gasteiger partial charge in [0, 0.05) is 17.1 Å². The molecule has 0 spiro atoms. The van der Waals surface area contributed by atoms with Crippen molar-refractivity contribution in [3.05, 3.63) is 0 Å². The predicted octanol–water partition coefficient (Wildman–Crippen LogP) is -3.21. The predicted molar refractivity (Wildman–Crippen MR) is 13.8 cm³/mol. The molecule has 0 amide bonds. The Balaban J connectivity index is -0.000000125. The Morgan fingerprint density at radius 2 is 1.38 bits per heavy atom. The molecule has 0 aliphatic heterocycles. The van der Waals surface area contributed by atoms with E-state index in [9.17, 15) is 13.2 Å². The van der Waals surface area contributed by atoms with Crippen molar-refractivity contribution in [2.45, 2.75) is 6.18 Å². The Bertz CT molecular complexity index is 47.0. The summed E-state index contributed by atoms with van der Waals surface area (Å²) >= 11 is 0. The standard InChI is InChI=1S/C2H4F3N.Cu.HI/c3-2(4,5)1-6;;/h1,6H2;;1H. The van der Waals surface area contributed by atoms with E-state index < -0.39 is 12.7 Å². The van der Waals surface area contributed by atoms with Gasteiger partial charge in [-0.2, -0.15) is 13.2 Å². The zero-order valence-corrected chi connectivity index (χ0v) is 6.83. The molecule has 1 radical (unpaired) electrons. The van der Waals surface area contributed by atoms with Crippen LogP contribution in [0.4, 0.5) is 13.2 Å². The van der Waals surface area contributed by atoms with Crippen molar-refractivity contribution in [1.29, 1.82) is 0 Å². The van der Waals surface area contributed by atoms with E-state index in [0.717, 1.165) is 0 Å². The summed E-state index contributed by atoms with van der Waals surface area (Å²) in [6.07, 6.45) is -4.07. The summed E-state index contributed by atoms with van der Waals surface area (Å²) in [6.45, 7) is -0.979. The van der Waals surface area contributed by atoms with Gasteiger partial charge in [-0.05, 0) is 0 Å². The Labute approximate surface area is 72.7 Å². The van der Waals surface area contributed by atoms with Crippen LogP contribution in [0, 0.1) is 0 Å². The summed E-state index contributed by atoms with van der Waals surface area (Å²) in [6, 6.07) is 0. The molecule has 1 nitrogen and oxygen atoms in total. The molecule has 0 aromatic carbocycles. The first-order chi connectivity index (χ1) is 2.56. The van der Waals surface area contributed by atoms with E-state index in [1.54, 1.807) is 0 Å². The molecule has 6 heteroatoms. The Kier molecular flexibility index (Phi) is 12.2. The third-order valence-electron chi connectivity index (χ3n) is 0.283. The molecule has 0 aromatic heterocycles. The summed E-state index contributed by atoms with van der Waals surface area (Å²) in [5.41, 5.74) is 2.63. The first kappa shape index (κ1) is 16.0. The van der Waals surface area contributed by atoms with Crippen LogP contribution in [-0.2, 0) is 17.1 Å². The van der Waals surface area contributed by atoms with Crippen molar-refractivity contribution in [1.82, 2.24) is 0 Å². The van der Waals surface area contributed by atoms with Crippen LogP contribution < -0.4 is 29.7 Å². The van der Waals surface area contributed by atoms with Gasteiger partial charge in [0.05, 0.1) is 0 Å². The molecular formula is C2H5CuF3IN. The average molecular weight is 291 g/mol. The van der Waals surface area contributed by atoms with E-state index in [-0.39, 0.29) is 41.0 Å². The van der Waals surface area contributed by atoms with E-state index in [1.807, 2.05) is 0 Å². The van der Waals surface area contributed by atoms with Crippen molar-refractivity contribution in [2.24, 2.45) is 0 Å². The minimum atomic E-state index is -4.07. The van der Waals surface area contributed by atoms with Gasteiger partial charge in [-0.1, -0.05) is 0 Å². The van der Waals surface area contributed by atoms with Crippen LogP contribution in [-0.4, -0.2) is 12.7 Å². The summed E-state index contributed by atoms with van der Waals surface area (Å²) in [5.74, 6) is 0. The maximum Gasteiger partial charge on any atom is 0.438 e. The molecule has 0 unspecified atom stereocenters. The number of hydrogen-bond donors (Lipinski definition) is 1. The van der Waals surface area contributed by atoms with Gasteiger partial charge < -0.3 is 29.7 Å². The minimum Gasteiger partial charge on any atom is -1.00 e. The number of quaternary nitrogens is 1. The fourth-order valence-electron chi connectivity index (χ4n) is 0. The maximum atomic E-state index is 10.7. The molecule has 0 aliphatic carbocycles. The zero-order chi connectivity index (χ0) is 5.21. The molecule has 8 heavy (non-hydrogen) atoms. The quantitative estimate of drug-likeness (QED) is 0.359. The number of rotatable bonds is 0. The van der Waals surface area contributed by atoms with E-state index in [2.05, 4.69) is 5.73 Å². The Morgan fingerprint density at radius 1 is 1.25 bits per heavy atom. The van der Waals surface area contributed by atoms with Crippen molar-refractivity contribution in [3.8, 4) is 0 Å². The fourth-order valence-corrected chi connectivity index (χ4v) is 0. The van der Waals surface area contributed by atoms with E-state index >= 15 is 0 Å². The summed E-state index contributed by atoms with van der Waals surface area (Å²) < 4.78 is 32.2. The summed E-state index contributed by atoms with van der Waals surface area (Å²) in [7, 11) is 0. The van der Waals surface area contributed by atoms with E-state index in [1.165, 1.54) is 0 Å². The van der Waals surface area contributed by atoms with Crippen LogP contribution in [0.15, 0.2) is 0 Å². The monoisotopic (exact) mass is 290 g/mol. The van der Waals surface area contributed by atoms with Crippen molar-refractivity contribution in [3.63, 3.8) is 0 Å². The van der Waals surface area contributed by atoms with E-state index in [0.29, 0.717) is 0 Å². The van der Waals surface area contributed by atoms with Crippen molar-refractivity contribution >= 4 is 0 Å². The molecular weight excluding hydrogens is 285 g/mol. The number of alkyl halides is 3. The van der Waals surface area contributed by atoms with Crippen LogP contribution in [0.5, 0.6) is 0 Å². The second-order valence-electron chi connectivity index (χ2n) is 0.865. The Hall–Kier alpha value is 0.999. The van der Waals surface area contributed by atoms with Crippen molar-refractivity contribution in [2.75, 3.05) is 6.54 Å². The third kappa shape index (κ3) is 15.8. The maximum absolute atomic E-state index is 10.7. The normalized spacial score (nSPS) is 9.00. The van der Waals surface area contributed by atoms with E-state index in [4.69, 9.17) is 0 Å². The molecule has 0 saturated carbocycles. The molecule has 57 valence electrons. The first-order valence-corrected chi connectivity index (χ1v) is 1.42. The van der Waals surface area contributed by atoms with Gasteiger partial charge in [0.2, 0.25) is 0 Å². The van der Waals surface area contributed by atoms with Crippen LogP contribution in [0.2, 0.25) is 0 Å². The topological polar surface area (TPSA) is 27.6 Å². The minimum absolute atomic E-state index is 0. The molecule has 0 atom stereocenters. The van der Waals surface area contributed by atoms with Gasteiger partial charge >= 0.3 is 6.18 Å². The molecule has 3 N–H and O–H groups in total. The molecule has 0 heterocycles. The Morgan fingerprint density at radius 3 is 1.38 bits per heavy atom. The fraction of sp³-hybridized carbons (Fsp3) is 1.00. The van der Waals surface area contributed by atoms with Gasteiger partial charge in [-0.25, -0.2) is 0 Å². The molecule has 0 aromatic rings. The van der Waals surface area contributed by atoms with Gasteiger partial charge in [-0.3, -0.25) is 0 Å². The zero-order valence-electron chi connectivity index (χ0n) is 3.73. The smallest absolute Gasteiger partial charge is 0.438 e. The molecule has 0 aliphatic rings. The van der Waals surface area contributed by atoms with Crippen LogP contribution >= 0.6 is 0 Å². The van der Waals surface area contributed by atoms with Crippen molar-refractivity contribution < 1.29 is 60.0 Å². The molecule has 0 bridgehead atoms. The van der Waals surface area contributed by atoms with Gasteiger partial charge in [0.15, 0.2) is 6.54 Å². The molecule has 0 fully saturated rings. The van der Waals surface area contributed by atoms with Crippen LogP contribution in [0.25, 0.3) is 0 Å². The van der Waals surface area contributed by atoms with Gasteiger partial charge in [0.1, 0.15) is 0 Å². The summed E-state index contributed by atoms with van der Waals surface area (Å²) in [5, 5.41) is 0. The number of halogens is 4. The second kappa shape index (κ2) is 6.12.